The van der Waals surface area contributed by atoms with Crippen LogP contribution in [0.25, 0.3) is 0 Å². The molecule has 1 fully saturated rings. The van der Waals surface area contributed by atoms with Crippen LogP contribution in [0.3, 0.4) is 0 Å². The van der Waals surface area contributed by atoms with Gasteiger partial charge < -0.3 is 25.2 Å². The van der Waals surface area contributed by atoms with E-state index in [0.29, 0.717) is 4.90 Å². The number of thioether (sulfide) groups is 1. The highest BCUT2D eigenvalue weighted by Gasteiger charge is 2.43. The molecule has 0 saturated carbocycles. The van der Waals surface area contributed by atoms with E-state index in [1.54, 1.807) is 0 Å². The van der Waals surface area contributed by atoms with Crippen molar-refractivity contribution in [1.29, 1.82) is 0 Å². The highest BCUT2D eigenvalue weighted by atomic mass is 32.2. The lowest BCUT2D eigenvalue weighted by atomic mass is 10.0. The van der Waals surface area contributed by atoms with E-state index in [1.165, 1.54) is 24.3 Å². The van der Waals surface area contributed by atoms with E-state index < -0.39 is 41.4 Å². The highest BCUT2D eigenvalue weighted by molar-refractivity contribution is 7.99. The third kappa shape index (κ3) is 3.51. The quantitative estimate of drug-likeness (QED) is 0.431. The van der Waals surface area contributed by atoms with Crippen LogP contribution >= 0.6 is 11.8 Å². The van der Waals surface area contributed by atoms with Gasteiger partial charge in [0.15, 0.2) is 0 Å². The highest BCUT2D eigenvalue weighted by Crippen LogP contribution is 2.33. The van der Waals surface area contributed by atoms with Gasteiger partial charge in [-0.15, -0.1) is 0 Å². The molecule has 2 rings (SSSR count). The molecule has 4 N–H and O–H groups in total. The Morgan fingerprint density at radius 1 is 1.14 bits per heavy atom. The van der Waals surface area contributed by atoms with Crippen molar-refractivity contribution in [3.8, 4) is 0 Å². The Morgan fingerprint density at radius 2 is 1.76 bits per heavy atom. The number of nitrogens with zero attached hydrogens (tertiary/aromatic N) is 1. The molecule has 1 saturated heterocycles. The summed E-state index contributed by atoms with van der Waals surface area (Å²) in [5, 5.41) is 48.9. The molecule has 0 unspecified atom stereocenters. The minimum absolute atomic E-state index is 0.0619. The van der Waals surface area contributed by atoms with Crippen molar-refractivity contribution in [3.63, 3.8) is 0 Å². The summed E-state index contributed by atoms with van der Waals surface area (Å²) in [7, 11) is 0. The molecule has 1 aliphatic heterocycles. The van der Waals surface area contributed by atoms with Crippen LogP contribution in [0.2, 0.25) is 0 Å². The fourth-order valence-electron chi connectivity index (χ4n) is 1.95. The Morgan fingerprint density at radius 3 is 2.29 bits per heavy atom. The maximum absolute atomic E-state index is 10.6. The predicted octanol–water partition coefficient (Wildman–Crippen LogP) is -0.513. The van der Waals surface area contributed by atoms with E-state index in [1.807, 2.05) is 0 Å². The summed E-state index contributed by atoms with van der Waals surface area (Å²) >= 11 is 1.04. The van der Waals surface area contributed by atoms with Gasteiger partial charge in [0.1, 0.15) is 29.9 Å². The van der Waals surface area contributed by atoms with Crippen LogP contribution < -0.4 is 0 Å². The van der Waals surface area contributed by atoms with E-state index in [0.717, 1.165) is 11.8 Å². The van der Waals surface area contributed by atoms with Gasteiger partial charge in [-0.25, -0.2) is 0 Å². The van der Waals surface area contributed by atoms with E-state index in [4.69, 9.17) is 9.84 Å². The molecule has 0 bridgehead atoms. The fourth-order valence-corrected chi connectivity index (χ4v) is 3.01. The first-order valence-corrected chi connectivity index (χ1v) is 7.03. The summed E-state index contributed by atoms with van der Waals surface area (Å²) in [5.41, 5.74) is -0.963. The van der Waals surface area contributed by atoms with Gasteiger partial charge in [0, 0.05) is 17.0 Å². The van der Waals surface area contributed by atoms with Crippen LogP contribution in [0.15, 0.2) is 29.2 Å². The number of hydrogen-bond donors (Lipinski definition) is 4. The Kier molecular flexibility index (Phi) is 5.14. The number of nitro benzene ring substituents is 1. The average Bonchev–Trinajstić information content (AvgIpc) is 2.48. The smallest absolute Gasteiger partial charge is 0.269 e. The number of aliphatic hydroxyl groups is 4. The molecule has 116 valence electrons. The molecule has 9 heteroatoms. The van der Waals surface area contributed by atoms with E-state index in [9.17, 15) is 25.4 Å². The van der Waals surface area contributed by atoms with Gasteiger partial charge in [0.25, 0.3) is 5.69 Å². The molecule has 0 amide bonds. The summed E-state index contributed by atoms with van der Waals surface area (Å²) in [4.78, 5) is 10.6. The zero-order valence-corrected chi connectivity index (χ0v) is 11.6. The second-order valence-electron chi connectivity index (χ2n) is 4.57. The van der Waals surface area contributed by atoms with Gasteiger partial charge in [-0.05, 0) is 12.1 Å². The summed E-state index contributed by atoms with van der Waals surface area (Å²) < 4.78 is 5.33. The molecule has 21 heavy (non-hydrogen) atoms. The van der Waals surface area contributed by atoms with Crippen molar-refractivity contribution in [1.82, 2.24) is 0 Å². The lowest BCUT2D eigenvalue weighted by molar-refractivity contribution is -0.384. The summed E-state index contributed by atoms with van der Waals surface area (Å²) in [6.07, 6.45) is -5.16. The molecule has 5 atom stereocenters. The predicted molar refractivity (Wildman–Crippen MR) is 72.7 cm³/mol. The van der Waals surface area contributed by atoms with Gasteiger partial charge in [-0.1, -0.05) is 11.8 Å². The SMILES string of the molecule is O=[N+]([O-])c1ccc(S[C@@H]2O[C@H](CO)[C@H](O)[C@H](O)[C@@H]2O)cc1. The molecular weight excluding hydrogens is 302 g/mol. The molecular formula is C12H15NO7S. The number of benzene rings is 1. The third-order valence-corrected chi connectivity index (χ3v) is 4.31. The van der Waals surface area contributed by atoms with Crippen molar-refractivity contribution in [2.45, 2.75) is 34.7 Å². The third-order valence-electron chi connectivity index (χ3n) is 3.15. The number of non-ortho nitro benzene ring substituents is 1. The first kappa shape index (κ1) is 16.1. The van der Waals surface area contributed by atoms with Crippen LogP contribution in [0, 0.1) is 10.1 Å². The standard InChI is InChI=1S/C12H15NO7S/c14-5-8-9(15)10(16)11(17)12(20-8)21-7-3-1-6(2-4-7)13(18)19/h1-4,8-12,14-17H,5H2/t8-,9+,10+,11+,12+/m1/s1. The largest absolute Gasteiger partial charge is 0.394 e. The molecule has 0 radical (unpaired) electrons. The number of nitro groups is 1. The van der Waals surface area contributed by atoms with Gasteiger partial charge in [-0.2, -0.15) is 0 Å². The zero-order valence-electron chi connectivity index (χ0n) is 10.8. The van der Waals surface area contributed by atoms with Crippen LogP contribution in [0.5, 0.6) is 0 Å². The normalized spacial score (nSPS) is 32.9. The second-order valence-corrected chi connectivity index (χ2v) is 5.74. The first-order valence-electron chi connectivity index (χ1n) is 6.15. The van der Waals surface area contributed by atoms with E-state index in [2.05, 4.69) is 0 Å². The van der Waals surface area contributed by atoms with Crippen LogP contribution in [0.4, 0.5) is 5.69 Å². The summed E-state index contributed by atoms with van der Waals surface area (Å²) in [5.74, 6) is 0. The molecule has 0 spiro atoms. The first-order chi connectivity index (χ1) is 9.93. The second kappa shape index (κ2) is 6.69. The Bertz CT molecular complexity index is 495. The molecule has 8 nitrogen and oxygen atoms in total. The van der Waals surface area contributed by atoms with E-state index >= 15 is 0 Å². The van der Waals surface area contributed by atoms with Crippen LogP contribution in [-0.4, -0.2) is 61.8 Å². The van der Waals surface area contributed by atoms with E-state index in [-0.39, 0.29) is 5.69 Å². The van der Waals surface area contributed by atoms with Crippen molar-refractivity contribution >= 4 is 17.4 Å². The van der Waals surface area contributed by atoms with Crippen LogP contribution in [-0.2, 0) is 4.74 Å². The van der Waals surface area contributed by atoms with Crippen LogP contribution in [0.1, 0.15) is 0 Å². The van der Waals surface area contributed by atoms with Gasteiger partial charge in [0.2, 0.25) is 0 Å². The lowest BCUT2D eigenvalue weighted by Crippen LogP contribution is -2.57. The number of rotatable bonds is 4. The number of ether oxygens (including phenoxy) is 1. The maximum atomic E-state index is 10.6. The van der Waals surface area contributed by atoms with Crippen molar-refractivity contribution < 1.29 is 30.1 Å². The Labute approximate surface area is 124 Å². The van der Waals surface area contributed by atoms with Crippen molar-refractivity contribution in [2.75, 3.05) is 6.61 Å². The van der Waals surface area contributed by atoms with Gasteiger partial charge in [0.05, 0.1) is 11.5 Å². The minimum Gasteiger partial charge on any atom is -0.394 e. The lowest BCUT2D eigenvalue weighted by Gasteiger charge is -2.39. The van der Waals surface area contributed by atoms with Crippen molar-refractivity contribution in [2.24, 2.45) is 0 Å². The van der Waals surface area contributed by atoms with Gasteiger partial charge >= 0.3 is 0 Å². The maximum Gasteiger partial charge on any atom is 0.269 e. The monoisotopic (exact) mass is 317 g/mol. The molecule has 1 aromatic carbocycles. The Hall–Kier alpha value is -1.23. The summed E-state index contributed by atoms with van der Waals surface area (Å²) in [6.45, 7) is -0.498. The molecule has 1 aliphatic rings. The molecule has 0 aliphatic carbocycles. The molecule has 1 heterocycles. The Balaban J connectivity index is 2.08. The average molecular weight is 317 g/mol. The topological polar surface area (TPSA) is 133 Å². The van der Waals surface area contributed by atoms with Crippen molar-refractivity contribution in [3.05, 3.63) is 34.4 Å². The number of aliphatic hydroxyl groups excluding tert-OH is 4. The zero-order chi connectivity index (χ0) is 15.6. The fraction of sp³-hybridized carbons (Fsp3) is 0.500. The van der Waals surface area contributed by atoms with Gasteiger partial charge in [-0.3, -0.25) is 10.1 Å². The number of hydrogen-bond acceptors (Lipinski definition) is 8. The summed E-state index contributed by atoms with van der Waals surface area (Å²) in [6, 6.07) is 5.60. The molecule has 0 aromatic heterocycles. The molecule has 1 aromatic rings. The minimum atomic E-state index is -1.44.